The highest BCUT2D eigenvalue weighted by Gasteiger charge is 2.49. The van der Waals surface area contributed by atoms with E-state index in [-0.39, 0.29) is 22.7 Å². The Morgan fingerprint density at radius 1 is 0.789 bits per heavy atom. The standard InChI is InChI=1S/C35H64O3/c1-8-9-10-11-12-13-14-15-16-17-18-19-20-21-22-23-28-38-32(36)25-24-30-26-27-35(37,34(5,6)7)31(29-30)33(2,3)4/h26-27,29,31,37H,8-25,28H2,1-7H3. The molecule has 0 amide bonds. The van der Waals surface area contributed by atoms with E-state index >= 15 is 0 Å². The second kappa shape index (κ2) is 18.3. The van der Waals surface area contributed by atoms with Gasteiger partial charge in [0.25, 0.3) is 0 Å². The molecule has 1 aliphatic rings. The summed E-state index contributed by atoms with van der Waals surface area (Å²) in [5.41, 5.74) is -0.123. The first kappa shape index (κ1) is 34.9. The molecular weight excluding hydrogens is 468 g/mol. The van der Waals surface area contributed by atoms with Crippen molar-refractivity contribution in [3.63, 3.8) is 0 Å². The van der Waals surface area contributed by atoms with Crippen LogP contribution in [0.5, 0.6) is 0 Å². The van der Waals surface area contributed by atoms with Crippen molar-refractivity contribution in [1.29, 1.82) is 0 Å². The predicted octanol–water partition coefficient (Wildman–Crippen LogP) is 10.5. The van der Waals surface area contributed by atoms with Crippen molar-refractivity contribution in [2.45, 2.75) is 170 Å². The number of hydrogen-bond acceptors (Lipinski definition) is 3. The van der Waals surface area contributed by atoms with Crippen molar-refractivity contribution in [2.75, 3.05) is 6.61 Å². The molecular formula is C35H64O3. The van der Waals surface area contributed by atoms with E-state index < -0.39 is 5.60 Å². The molecule has 0 aromatic carbocycles. The van der Waals surface area contributed by atoms with Crippen LogP contribution in [0.4, 0.5) is 0 Å². The first-order valence-corrected chi connectivity index (χ1v) is 16.2. The Morgan fingerprint density at radius 3 is 1.66 bits per heavy atom. The second-order valence-electron chi connectivity index (χ2n) is 14.0. The third-order valence-electron chi connectivity index (χ3n) is 8.42. The zero-order valence-corrected chi connectivity index (χ0v) is 26.5. The second-order valence-corrected chi connectivity index (χ2v) is 14.0. The lowest BCUT2D eigenvalue weighted by Crippen LogP contribution is -2.52. The molecule has 38 heavy (non-hydrogen) atoms. The molecule has 2 atom stereocenters. The van der Waals surface area contributed by atoms with Crippen molar-refractivity contribution >= 4 is 5.97 Å². The highest BCUT2D eigenvalue weighted by Crippen LogP contribution is 2.48. The molecule has 0 saturated heterocycles. The average molecular weight is 533 g/mol. The zero-order chi connectivity index (χ0) is 28.5. The van der Waals surface area contributed by atoms with Crippen LogP contribution >= 0.6 is 0 Å². The van der Waals surface area contributed by atoms with Crippen LogP contribution < -0.4 is 0 Å². The maximum absolute atomic E-state index is 12.3. The van der Waals surface area contributed by atoms with Gasteiger partial charge in [0.1, 0.15) is 0 Å². The molecule has 0 saturated carbocycles. The first-order valence-electron chi connectivity index (χ1n) is 16.2. The van der Waals surface area contributed by atoms with Crippen LogP contribution in [0.3, 0.4) is 0 Å². The van der Waals surface area contributed by atoms with Crippen LogP contribution in [0.1, 0.15) is 164 Å². The molecule has 1 aliphatic carbocycles. The normalized spacial score (nSPS) is 20.0. The molecule has 0 bridgehead atoms. The summed E-state index contributed by atoms with van der Waals surface area (Å²) in [5.74, 6) is -0.111. The number of carbonyl (C=O) groups excluding carboxylic acids is 1. The molecule has 0 radical (unpaired) electrons. The lowest BCUT2D eigenvalue weighted by Gasteiger charge is -2.50. The minimum atomic E-state index is -0.900. The van der Waals surface area contributed by atoms with Gasteiger partial charge in [-0.25, -0.2) is 0 Å². The van der Waals surface area contributed by atoms with Crippen molar-refractivity contribution in [3.05, 3.63) is 23.8 Å². The molecule has 0 aromatic heterocycles. The molecule has 3 nitrogen and oxygen atoms in total. The number of rotatable bonds is 20. The fraction of sp³-hybridized carbons (Fsp3) is 0.857. The molecule has 0 spiro atoms. The Kier molecular flexibility index (Phi) is 16.8. The number of allylic oxidation sites excluding steroid dienone is 2. The lowest BCUT2D eigenvalue weighted by molar-refractivity contribution is -0.143. The molecule has 1 N–H and O–H groups in total. The predicted molar refractivity (Wildman–Crippen MR) is 164 cm³/mol. The van der Waals surface area contributed by atoms with E-state index in [2.05, 4.69) is 54.5 Å². The number of aliphatic hydroxyl groups is 1. The van der Waals surface area contributed by atoms with Crippen molar-refractivity contribution in [3.8, 4) is 0 Å². The van der Waals surface area contributed by atoms with Crippen LogP contribution in [0.2, 0.25) is 0 Å². The summed E-state index contributed by atoms with van der Waals surface area (Å²) < 4.78 is 5.50. The number of carbonyl (C=O) groups is 1. The maximum Gasteiger partial charge on any atom is 0.306 e. The number of hydrogen-bond donors (Lipinski definition) is 1. The van der Waals surface area contributed by atoms with Gasteiger partial charge in [-0.1, -0.05) is 169 Å². The fourth-order valence-electron chi connectivity index (χ4n) is 5.68. The van der Waals surface area contributed by atoms with Crippen molar-refractivity contribution in [2.24, 2.45) is 16.7 Å². The first-order chi connectivity index (χ1) is 17.9. The van der Waals surface area contributed by atoms with E-state index in [9.17, 15) is 9.90 Å². The van der Waals surface area contributed by atoms with Crippen LogP contribution in [0.25, 0.3) is 0 Å². The van der Waals surface area contributed by atoms with Gasteiger partial charge in [0.05, 0.1) is 12.2 Å². The average Bonchev–Trinajstić information content (AvgIpc) is 2.84. The quantitative estimate of drug-likeness (QED) is 0.125. The van der Waals surface area contributed by atoms with E-state index in [4.69, 9.17) is 4.74 Å². The minimum absolute atomic E-state index is 0.00359. The smallest absolute Gasteiger partial charge is 0.306 e. The van der Waals surface area contributed by atoms with Crippen LogP contribution in [-0.4, -0.2) is 23.3 Å². The van der Waals surface area contributed by atoms with E-state index in [0.29, 0.717) is 19.4 Å². The topological polar surface area (TPSA) is 46.5 Å². The maximum atomic E-state index is 12.3. The monoisotopic (exact) mass is 532 g/mol. The van der Waals surface area contributed by atoms with Gasteiger partial charge >= 0.3 is 5.97 Å². The van der Waals surface area contributed by atoms with E-state index in [0.717, 1.165) is 18.4 Å². The summed E-state index contributed by atoms with van der Waals surface area (Å²) in [4.78, 5) is 12.3. The van der Waals surface area contributed by atoms with Gasteiger partial charge in [-0.15, -0.1) is 0 Å². The van der Waals surface area contributed by atoms with Gasteiger partial charge in [-0.05, 0) is 23.7 Å². The van der Waals surface area contributed by atoms with Crippen LogP contribution in [0, 0.1) is 16.7 Å². The van der Waals surface area contributed by atoms with Gasteiger partial charge in [0.15, 0.2) is 0 Å². The Labute approximate surface area is 237 Å². The van der Waals surface area contributed by atoms with Gasteiger partial charge < -0.3 is 9.84 Å². The molecule has 3 heteroatoms. The summed E-state index contributed by atoms with van der Waals surface area (Å²) in [5, 5.41) is 11.5. The van der Waals surface area contributed by atoms with Gasteiger partial charge in [0, 0.05) is 12.3 Å². The molecule has 0 fully saturated rings. The molecule has 0 heterocycles. The molecule has 222 valence electrons. The summed E-state index contributed by atoms with van der Waals surface area (Å²) in [7, 11) is 0. The summed E-state index contributed by atoms with van der Waals surface area (Å²) in [6, 6.07) is 0. The highest BCUT2D eigenvalue weighted by molar-refractivity contribution is 5.69. The lowest BCUT2D eigenvalue weighted by atomic mass is 9.59. The Bertz CT molecular complexity index is 691. The molecule has 2 unspecified atom stereocenters. The fourth-order valence-corrected chi connectivity index (χ4v) is 5.68. The number of ether oxygens (including phenoxy) is 1. The van der Waals surface area contributed by atoms with E-state index in [1.165, 1.54) is 89.9 Å². The van der Waals surface area contributed by atoms with Gasteiger partial charge in [-0.2, -0.15) is 0 Å². The SMILES string of the molecule is CCCCCCCCCCCCCCCCCCOC(=O)CCC1=CC(C(C)(C)C)C(O)(C(C)(C)C)C=C1. The Balaban J connectivity index is 2.08. The van der Waals surface area contributed by atoms with Crippen LogP contribution in [-0.2, 0) is 9.53 Å². The van der Waals surface area contributed by atoms with Crippen molar-refractivity contribution in [1.82, 2.24) is 0 Å². The molecule has 1 rings (SSSR count). The number of unbranched alkanes of at least 4 members (excludes halogenated alkanes) is 15. The van der Waals surface area contributed by atoms with Crippen molar-refractivity contribution < 1.29 is 14.6 Å². The number of esters is 1. The zero-order valence-electron chi connectivity index (χ0n) is 26.5. The van der Waals surface area contributed by atoms with Gasteiger partial charge in [0.2, 0.25) is 0 Å². The van der Waals surface area contributed by atoms with Gasteiger partial charge in [-0.3, -0.25) is 4.79 Å². The summed E-state index contributed by atoms with van der Waals surface area (Å²) in [6.07, 6.45) is 28.8. The third-order valence-corrected chi connectivity index (χ3v) is 8.42. The molecule has 0 aliphatic heterocycles. The Hall–Kier alpha value is -1.09. The largest absolute Gasteiger partial charge is 0.466 e. The third kappa shape index (κ3) is 13.8. The Morgan fingerprint density at radius 2 is 1.24 bits per heavy atom. The summed E-state index contributed by atoms with van der Waals surface area (Å²) >= 11 is 0. The highest BCUT2D eigenvalue weighted by atomic mass is 16.5. The summed E-state index contributed by atoms with van der Waals surface area (Å²) in [6.45, 7) is 15.6. The van der Waals surface area contributed by atoms with E-state index in [1.807, 2.05) is 12.2 Å². The van der Waals surface area contributed by atoms with E-state index in [1.54, 1.807) is 0 Å². The molecule has 0 aromatic rings. The minimum Gasteiger partial charge on any atom is -0.466 e. The van der Waals surface area contributed by atoms with Crippen LogP contribution in [0.15, 0.2) is 23.8 Å².